The number of allylic oxidation sites excluding steroid dienone is 1. The Morgan fingerprint density at radius 2 is 2.08 bits per heavy atom. The molecule has 0 aliphatic rings. The van der Waals surface area contributed by atoms with Crippen LogP contribution in [0.4, 0.5) is 0 Å². The van der Waals surface area contributed by atoms with Crippen molar-refractivity contribution in [1.82, 2.24) is 5.32 Å². The highest BCUT2D eigenvalue weighted by Crippen LogP contribution is 2.27. The Morgan fingerprint density at radius 1 is 1.58 bits per heavy atom. The lowest BCUT2D eigenvalue weighted by Gasteiger charge is -2.33. The molecule has 0 saturated heterocycles. The van der Waals surface area contributed by atoms with Gasteiger partial charge in [-0.2, -0.15) is 0 Å². The number of likely N-dealkylation sites (N-methyl/N-ethyl adjacent to an activating group) is 1. The minimum atomic E-state index is 0.204. The maximum atomic E-state index is 5.65. The summed E-state index contributed by atoms with van der Waals surface area (Å²) in [5.74, 6) is 0. The highest BCUT2D eigenvalue weighted by molar-refractivity contribution is 4.98. The molecule has 72 valence electrons. The number of hydrogen-bond acceptors (Lipinski definition) is 2. The highest BCUT2D eigenvalue weighted by Gasteiger charge is 2.26. The number of nitrogens with one attached hydrogen (secondary N) is 1. The summed E-state index contributed by atoms with van der Waals surface area (Å²) >= 11 is 0. The Balaban J connectivity index is 4.24. The Labute approximate surface area is 76.2 Å². The lowest BCUT2D eigenvalue weighted by Crippen LogP contribution is -2.45. The predicted octanol–water partition coefficient (Wildman–Crippen LogP) is 1.53. The second kappa shape index (κ2) is 4.63. The van der Waals surface area contributed by atoms with Crippen LogP contribution >= 0.6 is 0 Å². The van der Waals surface area contributed by atoms with E-state index in [9.17, 15) is 0 Å². The second-order valence-electron chi connectivity index (χ2n) is 4.20. The van der Waals surface area contributed by atoms with Gasteiger partial charge in [0.05, 0.1) is 0 Å². The average Bonchev–Trinajstić information content (AvgIpc) is 1.85. The number of hydrogen-bond donors (Lipinski definition) is 2. The Bertz CT molecular complexity index is 146. The monoisotopic (exact) mass is 170 g/mol. The molecule has 0 fully saturated rings. The van der Waals surface area contributed by atoms with Crippen LogP contribution in [0.3, 0.4) is 0 Å². The van der Waals surface area contributed by atoms with Crippen LogP contribution in [0.1, 0.15) is 27.2 Å². The van der Waals surface area contributed by atoms with Crippen molar-refractivity contribution in [3.8, 4) is 0 Å². The van der Waals surface area contributed by atoms with Gasteiger partial charge in [0.2, 0.25) is 0 Å². The molecule has 0 radical (unpaired) electrons. The van der Waals surface area contributed by atoms with Gasteiger partial charge >= 0.3 is 0 Å². The molecule has 12 heavy (non-hydrogen) atoms. The maximum absolute atomic E-state index is 5.65. The van der Waals surface area contributed by atoms with Crippen LogP contribution in [0.25, 0.3) is 0 Å². The topological polar surface area (TPSA) is 38.0 Å². The molecule has 1 atom stereocenters. The normalized spacial score (nSPS) is 14.4. The Hall–Kier alpha value is -0.340. The van der Waals surface area contributed by atoms with Crippen molar-refractivity contribution in [2.75, 3.05) is 13.6 Å². The Morgan fingerprint density at radius 3 is 2.33 bits per heavy atom. The molecule has 1 unspecified atom stereocenters. The molecule has 0 aromatic rings. The molecule has 2 nitrogen and oxygen atoms in total. The minimum absolute atomic E-state index is 0.204. The van der Waals surface area contributed by atoms with Crippen molar-refractivity contribution < 1.29 is 0 Å². The van der Waals surface area contributed by atoms with Crippen LogP contribution in [0, 0.1) is 5.41 Å². The van der Waals surface area contributed by atoms with Gasteiger partial charge in [0, 0.05) is 12.6 Å². The van der Waals surface area contributed by atoms with Gasteiger partial charge in [0.1, 0.15) is 0 Å². The lowest BCUT2D eigenvalue weighted by atomic mass is 9.79. The van der Waals surface area contributed by atoms with Crippen molar-refractivity contribution in [2.45, 2.75) is 33.2 Å². The summed E-state index contributed by atoms with van der Waals surface area (Å²) in [5, 5.41) is 3.23. The first kappa shape index (κ1) is 11.7. The third-order valence-electron chi connectivity index (χ3n) is 2.28. The van der Waals surface area contributed by atoms with Gasteiger partial charge < -0.3 is 11.1 Å². The fourth-order valence-corrected chi connectivity index (χ4v) is 1.73. The number of rotatable bonds is 5. The van der Waals surface area contributed by atoms with Crippen LogP contribution in [0.5, 0.6) is 0 Å². The smallest absolute Gasteiger partial charge is 0.0241 e. The minimum Gasteiger partial charge on any atom is -0.329 e. The van der Waals surface area contributed by atoms with Gasteiger partial charge in [-0.25, -0.2) is 0 Å². The fourth-order valence-electron chi connectivity index (χ4n) is 1.73. The SMILES string of the molecule is C=C(C)CC(C)(C)C(CN)NC. The van der Waals surface area contributed by atoms with E-state index in [-0.39, 0.29) is 5.41 Å². The molecule has 0 aliphatic carbocycles. The summed E-state index contributed by atoms with van der Waals surface area (Å²) in [7, 11) is 1.96. The van der Waals surface area contributed by atoms with E-state index >= 15 is 0 Å². The first-order chi connectivity index (χ1) is 5.44. The van der Waals surface area contributed by atoms with Crippen molar-refractivity contribution in [3.05, 3.63) is 12.2 Å². The van der Waals surface area contributed by atoms with Gasteiger partial charge in [-0.3, -0.25) is 0 Å². The first-order valence-electron chi connectivity index (χ1n) is 4.45. The summed E-state index contributed by atoms with van der Waals surface area (Å²) < 4.78 is 0. The van der Waals surface area contributed by atoms with E-state index in [2.05, 4.69) is 32.7 Å². The quantitative estimate of drug-likeness (QED) is 0.614. The van der Waals surface area contributed by atoms with Crippen molar-refractivity contribution in [2.24, 2.45) is 11.1 Å². The van der Waals surface area contributed by atoms with Gasteiger partial charge in [0.15, 0.2) is 0 Å². The summed E-state index contributed by atoms with van der Waals surface area (Å²) in [5.41, 5.74) is 7.07. The van der Waals surface area contributed by atoms with Crippen LogP contribution in [-0.2, 0) is 0 Å². The average molecular weight is 170 g/mol. The van der Waals surface area contributed by atoms with E-state index < -0.39 is 0 Å². The van der Waals surface area contributed by atoms with Gasteiger partial charge in [0.25, 0.3) is 0 Å². The molecule has 0 bridgehead atoms. The first-order valence-corrected chi connectivity index (χ1v) is 4.45. The summed E-state index contributed by atoms with van der Waals surface area (Å²) in [6.07, 6.45) is 1.02. The van der Waals surface area contributed by atoms with E-state index in [0.717, 1.165) is 6.42 Å². The fraction of sp³-hybridized carbons (Fsp3) is 0.800. The van der Waals surface area contributed by atoms with E-state index in [4.69, 9.17) is 5.73 Å². The van der Waals surface area contributed by atoms with Crippen molar-refractivity contribution >= 4 is 0 Å². The van der Waals surface area contributed by atoms with Gasteiger partial charge in [-0.1, -0.05) is 19.4 Å². The van der Waals surface area contributed by atoms with E-state index in [0.29, 0.717) is 12.6 Å². The standard InChI is InChI=1S/C10H22N2/c1-8(2)6-10(3,4)9(7-11)12-5/h9,12H,1,6-7,11H2,2-5H3. The van der Waals surface area contributed by atoms with E-state index in [1.54, 1.807) is 0 Å². The molecule has 0 aliphatic heterocycles. The van der Waals surface area contributed by atoms with Crippen molar-refractivity contribution in [1.29, 1.82) is 0 Å². The summed E-state index contributed by atoms with van der Waals surface area (Å²) in [6.45, 7) is 11.1. The summed E-state index contributed by atoms with van der Waals surface area (Å²) in [4.78, 5) is 0. The zero-order valence-electron chi connectivity index (χ0n) is 8.78. The molecule has 0 rings (SSSR count). The number of nitrogens with two attached hydrogens (primary N) is 1. The zero-order valence-corrected chi connectivity index (χ0v) is 8.78. The van der Waals surface area contributed by atoms with E-state index in [1.807, 2.05) is 7.05 Å². The largest absolute Gasteiger partial charge is 0.329 e. The van der Waals surface area contributed by atoms with Crippen LogP contribution in [0.15, 0.2) is 12.2 Å². The van der Waals surface area contributed by atoms with Crippen molar-refractivity contribution in [3.63, 3.8) is 0 Å². The molecule has 0 amide bonds. The Kier molecular flexibility index (Phi) is 4.50. The van der Waals surface area contributed by atoms with Crippen LogP contribution in [-0.4, -0.2) is 19.6 Å². The molecule has 0 spiro atoms. The molecule has 2 heteroatoms. The third kappa shape index (κ3) is 3.37. The second-order valence-corrected chi connectivity index (χ2v) is 4.20. The molecular weight excluding hydrogens is 148 g/mol. The van der Waals surface area contributed by atoms with Crippen LogP contribution in [0.2, 0.25) is 0 Å². The highest BCUT2D eigenvalue weighted by atomic mass is 14.9. The van der Waals surface area contributed by atoms with E-state index in [1.165, 1.54) is 5.57 Å². The molecule has 0 aromatic carbocycles. The molecule has 0 heterocycles. The third-order valence-corrected chi connectivity index (χ3v) is 2.28. The maximum Gasteiger partial charge on any atom is 0.0241 e. The van der Waals surface area contributed by atoms with Crippen LogP contribution < -0.4 is 11.1 Å². The summed E-state index contributed by atoms with van der Waals surface area (Å²) in [6, 6.07) is 0.370. The molecule has 0 saturated carbocycles. The molecular formula is C10H22N2. The molecule has 3 N–H and O–H groups in total. The van der Waals surface area contributed by atoms with Gasteiger partial charge in [-0.05, 0) is 25.8 Å². The zero-order chi connectivity index (χ0) is 9.78. The van der Waals surface area contributed by atoms with Gasteiger partial charge in [-0.15, -0.1) is 6.58 Å². The lowest BCUT2D eigenvalue weighted by molar-refractivity contribution is 0.255. The molecule has 0 aromatic heterocycles. The predicted molar refractivity (Wildman–Crippen MR) is 55.1 cm³/mol.